The summed E-state index contributed by atoms with van der Waals surface area (Å²) in [6.45, 7) is 1.55. The van der Waals surface area contributed by atoms with Crippen molar-refractivity contribution < 1.29 is 9.59 Å². The zero-order valence-corrected chi connectivity index (χ0v) is 16.1. The Morgan fingerprint density at radius 1 is 1.07 bits per heavy atom. The second-order valence-electron chi connectivity index (χ2n) is 6.92. The number of carbonyl (C=O) groups excluding carboxylic acids is 2. The Kier molecular flexibility index (Phi) is 5.03. The maximum absolute atomic E-state index is 12.9. The molecular weight excluding hydrogens is 356 g/mol. The molecule has 0 radical (unpaired) electrons. The fourth-order valence-corrected chi connectivity index (χ4v) is 4.69. The molecule has 0 bridgehead atoms. The molecule has 2 heterocycles. The van der Waals surface area contributed by atoms with Crippen LogP contribution in [0.15, 0.2) is 48.5 Å². The molecule has 0 saturated carbocycles. The summed E-state index contributed by atoms with van der Waals surface area (Å²) in [7, 11) is 0. The van der Waals surface area contributed by atoms with Crippen molar-refractivity contribution in [3.63, 3.8) is 0 Å². The van der Waals surface area contributed by atoms with Crippen molar-refractivity contribution >= 4 is 40.4 Å². The summed E-state index contributed by atoms with van der Waals surface area (Å²) in [5.41, 5.74) is 4.63. The highest BCUT2D eigenvalue weighted by molar-refractivity contribution is 7.99. The predicted octanol–water partition coefficient (Wildman–Crippen LogP) is 4.19. The highest BCUT2D eigenvalue weighted by Crippen LogP contribution is 2.37. The Labute approximate surface area is 163 Å². The van der Waals surface area contributed by atoms with E-state index in [0.717, 1.165) is 46.9 Å². The molecule has 27 heavy (non-hydrogen) atoms. The molecule has 4 nitrogen and oxygen atoms in total. The SMILES string of the molecule is CC(=O)c1ccc2c(c1)C(=C(NC1CCSCC1)c1ccccc1)C(=O)N2. The third-order valence-corrected chi connectivity index (χ3v) is 6.10. The predicted molar refractivity (Wildman–Crippen MR) is 112 cm³/mol. The number of rotatable bonds is 4. The molecule has 1 amide bonds. The van der Waals surface area contributed by atoms with Gasteiger partial charge in [-0.1, -0.05) is 30.3 Å². The second kappa shape index (κ2) is 7.61. The number of amides is 1. The number of hydrogen-bond acceptors (Lipinski definition) is 4. The van der Waals surface area contributed by atoms with E-state index in [4.69, 9.17) is 0 Å². The largest absolute Gasteiger partial charge is 0.381 e. The molecule has 2 aliphatic rings. The molecule has 2 aliphatic heterocycles. The molecule has 2 aromatic carbocycles. The minimum Gasteiger partial charge on any atom is -0.381 e. The van der Waals surface area contributed by atoms with Gasteiger partial charge in [0.2, 0.25) is 0 Å². The summed E-state index contributed by atoms with van der Waals surface area (Å²) in [6.07, 6.45) is 2.16. The van der Waals surface area contributed by atoms with Crippen LogP contribution in [-0.2, 0) is 4.79 Å². The molecular formula is C22H22N2O2S. The van der Waals surface area contributed by atoms with Crippen LogP contribution >= 0.6 is 11.8 Å². The van der Waals surface area contributed by atoms with Gasteiger partial charge in [0, 0.05) is 22.9 Å². The summed E-state index contributed by atoms with van der Waals surface area (Å²) in [5, 5.41) is 6.60. The number of fused-ring (bicyclic) bond motifs is 1. The molecule has 5 heteroatoms. The first-order valence-corrected chi connectivity index (χ1v) is 10.4. The number of anilines is 1. The molecule has 0 atom stereocenters. The lowest BCUT2D eigenvalue weighted by Crippen LogP contribution is -2.32. The first-order chi connectivity index (χ1) is 13.1. The van der Waals surface area contributed by atoms with Crippen LogP contribution < -0.4 is 10.6 Å². The first kappa shape index (κ1) is 17.9. The van der Waals surface area contributed by atoms with Crippen molar-refractivity contribution in [3.05, 3.63) is 65.2 Å². The van der Waals surface area contributed by atoms with Crippen LogP contribution in [0, 0.1) is 0 Å². The van der Waals surface area contributed by atoms with Gasteiger partial charge in [0.25, 0.3) is 5.91 Å². The van der Waals surface area contributed by atoms with Gasteiger partial charge in [-0.25, -0.2) is 0 Å². The number of Topliss-reactive ketones (excluding diaryl/α,β-unsaturated/α-hetero) is 1. The van der Waals surface area contributed by atoms with Crippen molar-refractivity contribution in [3.8, 4) is 0 Å². The number of hydrogen-bond donors (Lipinski definition) is 2. The second-order valence-corrected chi connectivity index (χ2v) is 8.14. The molecule has 0 unspecified atom stereocenters. The number of ketones is 1. The molecule has 0 spiro atoms. The fourth-order valence-electron chi connectivity index (χ4n) is 3.59. The number of thioether (sulfide) groups is 1. The van der Waals surface area contributed by atoms with Gasteiger partial charge in [-0.2, -0.15) is 11.8 Å². The van der Waals surface area contributed by atoms with Crippen LogP contribution in [0.5, 0.6) is 0 Å². The van der Waals surface area contributed by atoms with Gasteiger partial charge >= 0.3 is 0 Å². The minimum atomic E-state index is -0.123. The topological polar surface area (TPSA) is 58.2 Å². The average Bonchev–Trinajstić information content (AvgIpc) is 3.02. The van der Waals surface area contributed by atoms with E-state index >= 15 is 0 Å². The summed E-state index contributed by atoms with van der Waals surface area (Å²) in [5.74, 6) is 2.14. The molecule has 0 aliphatic carbocycles. The van der Waals surface area contributed by atoms with Crippen molar-refractivity contribution in [2.24, 2.45) is 0 Å². The molecule has 2 N–H and O–H groups in total. The molecule has 4 rings (SSSR count). The van der Waals surface area contributed by atoms with E-state index in [1.165, 1.54) is 0 Å². The van der Waals surface area contributed by atoms with E-state index in [-0.39, 0.29) is 11.7 Å². The standard InChI is InChI=1S/C22H22N2O2S/c1-14(25)16-7-8-19-18(13-16)20(22(26)24-19)21(15-5-3-2-4-6-15)23-17-9-11-27-12-10-17/h2-8,13,17,23H,9-12H2,1H3,(H,24,26). The van der Waals surface area contributed by atoms with Gasteiger partial charge in [-0.05, 0) is 55.0 Å². The van der Waals surface area contributed by atoms with E-state index in [1.54, 1.807) is 13.0 Å². The minimum absolute atomic E-state index is 0.00461. The molecule has 1 fully saturated rings. The number of nitrogens with one attached hydrogen (secondary N) is 2. The number of benzene rings is 2. The smallest absolute Gasteiger partial charge is 0.258 e. The maximum atomic E-state index is 12.9. The van der Waals surface area contributed by atoms with E-state index in [9.17, 15) is 9.59 Å². The van der Waals surface area contributed by atoms with Gasteiger partial charge in [0.15, 0.2) is 5.78 Å². The van der Waals surface area contributed by atoms with E-state index in [0.29, 0.717) is 17.2 Å². The highest BCUT2D eigenvalue weighted by atomic mass is 32.2. The van der Waals surface area contributed by atoms with Crippen LogP contribution in [0.3, 0.4) is 0 Å². The van der Waals surface area contributed by atoms with Crippen molar-refractivity contribution in [1.29, 1.82) is 0 Å². The summed E-state index contributed by atoms with van der Waals surface area (Å²) < 4.78 is 0. The lowest BCUT2D eigenvalue weighted by Gasteiger charge is -2.26. The first-order valence-electron chi connectivity index (χ1n) is 9.24. The van der Waals surface area contributed by atoms with Gasteiger partial charge in [-0.3, -0.25) is 9.59 Å². The molecule has 1 saturated heterocycles. The van der Waals surface area contributed by atoms with Crippen LogP contribution in [0.2, 0.25) is 0 Å². The molecule has 2 aromatic rings. The van der Waals surface area contributed by atoms with Crippen LogP contribution in [0.25, 0.3) is 11.3 Å². The van der Waals surface area contributed by atoms with Crippen molar-refractivity contribution in [2.45, 2.75) is 25.8 Å². The van der Waals surface area contributed by atoms with Crippen LogP contribution in [0.4, 0.5) is 5.69 Å². The maximum Gasteiger partial charge on any atom is 0.258 e. The fraction of sp³-hybridized carbons (Fsp3) is 0.273. The number of carbonyl (C=O) groups is 2. The van der Waals surface area contributed by atoms with Gasteiger partial charge in [0.1, 0.15) is 0 Å². The molecule has 0 aromatic heterocycles. The zero-order chi connectivity index (χ0) is 18.8. The average molecular weight is 378 g/mol. The third-order valence-electron chi connectivity index (χ3n) is 5.05. The Morgan fingerprint density at radius 2 is 1.81 bits per heavy atom. The lowest BCUT2D eigenvalue weighted by atomic mass is 9.97. The van der Waals surface area contributed by atoms with Gasteiger partial charge in [0.05, 0.1) is 11.3 Å². The van der Waals surface area contributed by atoms with Crippen LogP contribution in [-0.4, -0.2) is 29.2 Å². The monoisotopic (exact) mass is 378 g/mol. The van der Waals surface area contributed by atoms with Crippen molar-refractivity contribution in [1.82, 2.24) is 5.32 Å². The lowest BCUT2D eigenvalue weighted by molar-refractivity contribution is -0.110. The normalized spacial score (nSPS) is 18.6. The summed E-state index contributed by atoms with van der Waals surface area (Å²) in [6, 6.07) is 15.7. The van der Waals surface area contributed by atoms with E-state index in [1.807, 2.05) is 54.2 Å². The quantitative estimate of drug-likeness (QED) is 0.619. The van der Waals surface area contributed by atoms with Crippen molar-refractivity contribution in [2.75, 3.05) is 16.8 Å². The molecule has 138 valence electrons. The van der Waals surface area contributed by atoms with E-state index in [2.05, 4.69) is 10.6 Å². The Bertz CT molecular complexity index is 915. The van der Waals surface area contributed by atoms with Gasteiger partial charge in [-0.15, -0.1) is 0 Å². The van der Waals surface area contributed by atoms with Crippen LogP contribution in [0.1, 0.15) is 41.3 Å². The highest BCUT2D eigenvalue weighted by Gasteiger charge is 2.30. The summed E-state index contributed by atoms with van der Waals surface area (Å²) in [4.78, 5) is 24.7. The van der Waals surface area contributed by atoms with E-state index < -0.39 is 0 Å². The third kappa shape index (κ3) is 3.65. The Morgan fingerprint density at radius 3 is 2.52 bits per heavy atom. The zero-order valence-electron chi connectivity index (χ0n) is 15.2. The Balaban J connectivity index is 1.85. The summed E-state index contributed by atoms with van der Waals surface area (Å²) >= 11 is 1.98. The Hall–Kier alpha value is -2.53. The van der Waals surface area contributed by atoms with Gasteiger partial charge < -0.3 is 10.6 Å².